The predicted molar refractivity (Wildman–Crippen MR) is 88.2 cm³/mol. The van der Waals surface area contributed by atoms with Crippen molar-refractivity contribution in [2.24, 2.45) is 5.10 Å². The Morgan fingerprint density at radius 2 is 1.86 bits per heavy atom. The second-order valence-corrected chi connectivity index (χ2v) is 5.08. The van der Waals surface area contributed by atoms with Gasteiger partial charge in [-0.2, -0.15) is 5.10 Å². The van der Waals surface area contributed by atoms with E-state index >= 15 is 0 Å². The molecule has 0 radical (unpaired) electrons. The van der Waals surface area contributed by atoms with Crippen molar-refractivity contribution in [1.82, 2.24) is 0 Å². The minimum atomic E-state index is -0.501. The number of benzene rings is 2. The number of nitrogens with one attached hydrogen (secondary N) is 2. The summed E-state index contributed by atoms with van der Waals surface area (Å²) in [6.07, 6.45) is 0. The Kier molecular flexibility index (Phi) is 5.20. The Labute approximate surface area is 132 Å². The molecule has 108 valence electrons. The van der Waals surface area contributed by atoms with Crippen molar-refractivity contribution in [2.45, 2.75) is 6.92 Å². The van der Waals surface area contributed by atoms with Gasteiger partial charge >= 0.3 is 0 Å². The number of para-hydroxylation sites is 1. The maximum absolute atomic E-state index is 11.8. The standard InChI is InChI=1S/C15H13Cl2N3O/c1-10-7-8-13(12(16)9-10)19-20-14(17)15(21)18-11-5-3-2-4-6-11/h2-9,19H,1H3,(H,18,21). The predicted octanol–water partition coefficient (Wildman–Crippen LogP) is 4.25. The van der Waals surface area contributed by atoms with E-state index in [2.05, 4.69) is 15.8 Å². The van der Waals surface area contributed by atoms with Crippen LogP contribution in [0.3, 0.4) is 0 Å². The first-order chi connectivity index (χ1) is 10.1. The number of carbonyl (C=O) groups is 1. The fourth-order valence-corrected chi connectivity index (χ4v) is 1.94. The summed E-state index contributed by atoms with van der Waals surface area (Å²) in [4.78, 5) is 11.8. The number of hydrazone groups is 1. The molecule has 0 unspecified atom stereocenters. The van der Waals surface area contributed by atoms with Crippen LogP contribution in [0.25, 0.3) is 0 Å². The van der Waals surface area contributed by atoms with E-state index in [0.717, 1.165) is 5.56 Å². The zero-order valence-corrected chi connectivity index (χ0v) is 12.7. The van der Waals surface area contributed by atoms with Crippen LogP contribution < -0.4 is 10.7 Å². The van der Waals surface area contributed by atoms with Gasteiger partial charge in [0.25, 0.3) is 5.91 Å². The maximum atomic E-state index is 11.8. The minimum absolute atomic E-state index is 0.213. The third kappa shape index (κ3) is 4.48. The van der Waals surface area contributed by atoms with Crippen LogP contribution in [0.2, 0.25) is 5.02 Å². The van der Waals surface area contributed by atoms with E-state index in [9.17, 15) is 4.79 Å². The molecule has 0 aromatic heterocycles. The van der Waals surface area contributed by atoms with Gasteiger partial charge in [0.2, 0.25) is 5.17 Å². The third-order valence-corrected chi connectivity index (χ3v) is 3.19. The monoisotopic (exact) mass is 321 g/mol. The van der Waals surface area contributed by atoms with Gasteiger partial charge in [0.1, 0.15) is 0 Å². The van der Waals surface area contributed by atoms with Gasteiger partial charge in [-0.1, -0.05) is 47.5 Å². The number of anilines is 2. The molecule has 21 heavy (non-hydrogen) atoms. The lowest BCUT2D eigenvalue weighted by atomic mass is 10.2. The zero-order chi connectivity index (χ0) is 15.2. The van der Waals surface area contributed by atoms with E-state index < -0.39 is 5.91 Å². The highest BCUT2D eigenvalue weighted by Crippen LogP contribution is 2.22. The Morgan fingerprint density at radius 1 is 1.14 bits per heavy atom. The normalized spacial score (nSPS) is 11.1. The molecule has 0 spiro atoms. The van der Waals surface area contributed by atoms with E-state index in [-0.39, 0.29) is 5.17 Å². The number of aryl methyl sites for hydroxylation is 1. The summed E-state index contributed by atoms with van der Waals surface area (Å²) in [6, 6.07) is 14.4. The molecule has 6 heteroatoms. The molecule has 1 amide bonds. The van der Waals surface area contributed by atoms with Gasteiger partial charge < -0.3 is 5.32 Å². The number of rotatable bonds is 4. The van der Waals surface area contributed by atoms with Gasteiger partial charge in [0.05, 0.1) is 10.7 Å². The van der Waals surface area contributed by atoms with Crippen LogP contribution in [0, 0.1) is 6.92 Å². The summed E-state index contributed by atoms with van der Waals surface area (Å²) in [6.45, 7) is 1.93. The number of amides is 1. The fraction of sp³-hybridized carbons (Fsp3) is 0.0667. The van der Waals surface area contributed by atoms with E-state index in [1.165, 1.54) is 0 Å². The second kappa shape index (κ2) is 7.11. The second-order valence-electron chi connectivity index (χ2n) is 4.32. The molecule has 0 bridgehead atoms. The van der Waals surface area contributed by atoms with E-state index in [0.29, 0.717) is 16.4 Å². The molecule has 4 nitrogen and oxygen atoms in total. The lowest BCUT2D eigenvalue weighted by molar-refractivity contribution is -0.110. The molecule has 0 fully saturated rings. The number of halogens is 2. The average molecular weight is 322 g/mol. The molecule has 2 aromatic carbocycles. The SMILES string of the molecule is Cc1ccc(NN=C(Cl)C(=O)Nc2ccccc2)c(Cl)c1. The Balaban J connectivity index is 2.02. The lowest BCUT2D eigenvalue weighted by Gasteiger charge is -2.06. The molecule has 2 rings (SSSR count). The van der Waals surface area contributed by atoms with Crippen molar-refractivity contribution in [2.75, 3.05) is 10.7 Å². The summed E-state index contributed by atoms with van der Waals surface area (Å²) in [7, 11) is 0. The van der Waals surface area contributed by atoms with E-state index in [1.54, 1.807) is 24.3 Å². The highest BCUT2D eigenvalue weighted by Gasteiger charge is 2.09. The van der Waals surface area contributed by atoms with Crippen molar-refractivity contribution in [1.29, 1.82) is 0 Å². The van der Waals surface area contributed by atoms with Gasteiger partial charge in [-0.25, -0.2) is 0 Å². The smallest absolute Gasteiger partial charge is 0.287 e. The number of nitrogens with zero attached hydrogens (tertiary/aromatic N) is 1. The molecule has 0 aliphatic rings. The van der Waals surface area contributed by atoms with Gasteiger partial charge in [0.15, 0.2) is 0 Å². The quantitative estimate of drug-likeness (QED) is 0.653. The van der Waals surface area contributed by atoms with Crippen molar-refractivity contribution in [3.05, 3.63) is 59.1 Å². The molecule has 0 saturated heterocycles. The minimum Gasteiger partial charge on any atom is -0.320 e. The lowest BCUT2D eigenvalue weighted by Crippen LogP contribution is -2.19. The molecule has 2 N–H and O–H groups in total. The first kappa shape index (κ1) is 15.4. The summed E-state index contributed by atoms with van der Waals surface area (Å²) in [5, 5.41) is 6.74. The van der Waals surface area contributed by atoms with Gasteiger partial charge in [-0.05, 0) is 36.8 Å². The Morgan fingerprint density at radius 3 is 2.52 bits per heavy atom. The van der Waals surface area contributed by atoms with Crippen molar-refractivity contribution < 1.29 is 4.79 Å². The number of hydrogen-bond donors (Lipinski definition) is 2. The zero-order valence-electron chi connectivity index (χ0n) is 11.2. The molecular formula is C15H13Cl2N3O. The number of hydrogen-bond acceptors (Lipinski definition) is 3. The highest BCUT2D eigenvalue weighted by atomic mass is 35.5. The van der Waals surface area contributed by atoms with Gasteiger partial charge in [0, 0.05) is 5.69 Å². The van der Waals surface area contributed by atoms with Crippen LogP contribution in [-0.2, 0) is 4.79 Å². The van der Waals surface area contributed by atoms with Gasteiger partial charge in [-0.15, -0.1) is 0 Å². The topological polar surface area (TPSA) is 53.5 Å². The largest absolute Gasteiger partial charge is 0.320 e. The van der Waals surface area contributed by atoms with Crippen LogP contribution >= 0.6 is 23.2 Å². The molecular weight excluding hydrogens is 309 g/mol. The maximum Gasteiger partial charge on any atom is 0.287 e. The average Bonchev–Trinajstić information content (AvgIpc) is 2.47. The Hall–Kier alpha value is -2.04. The third-order valence-electron chi connectivity index (χ3n) is 2.62. The summed E-state index contributed by atoms with van der Waals surface area (Å²) in [5.74, 6) is -0.501. The van der Waals surface area contributed by atoms with E-state index in [1.807, 2.05) is 31.2 Å². The van der Waals surface area contributed by atoms with Gasteiger partial charge in [-0.3, -0.25) is 10.2 Å². The molecule has 2 aromatic rings. The van der Waals surface area contributed by atoms with Crippen LogP contribution in [0.1, 0.15) is 5.56 Å². The first-order valence-corrected chi connectivity index (χ1v) is 6.93. The summed E-state index contributed by atoms with van der Waals surface area (Å²) >= 11 is 11.9. The van der Waals surface area contributed by atoms with Crippen LogP contribution in [0.15, 0.2) is 53.6 Å². The van der Waals surface area contributed by atoms with Crippen LogP contribution in [-0.4, -0.2) is 11.1 Å². The molecule has 0 saturated carbocycles. The van der Waals surface area contributed by atoms with E-state index in [4.69, 9.17) is 23.2 Å². The van der Waals surface area contributed by atoms with Crippen LogP contribution in [0.5, 0.6) is 0 Å². The fourth-order valence-electron chi connectivity index (χ4n) is 1.58. The molecule has 0 aliphatic carbocycles. The van der Waals surface area contributed by atoms with Crippen molar-refractivity contribution in [3.63, 3.8) is 0 Å². The summed E-state index contributed by atoms with van der Waals surface area (Å²) < 4.78 is 0. The first-order valence-electron chi connectivity index (χ1n) is 6.18. The Bertz CT molecular complexity index is 672. The summed E-state index contributed by atoms with van der Waals surface area (Å²) in [5.41, 5.74) is 4.92. The molecule has 0 aliphatic heterocycles. The van der Waals surface area contributed by atoms with Crippen molar-refractivity contribution in [3.8, 4) is 0 Å². The van der Waals surface area contributed by atoms with Crippen molar-refractivity contribution >= 4 is 45.7 Å². The number of carbonyl (C=O) groups excluding carboxylic acids is 1. The molecule has 0 atom stereocenters. The highest BCUT2D eigenvalue weighted by molar-refractivity contribution is 6.84. The molecule has 0 heterocycles. The van der Waals surface area contributed by atoms with Crippen LogP contribution in [0.4, 0.5) is 11.4 Å².